The second-order valence-electron chi connectivity index (χ2n) is 4.95. The van der Waals surface area contributed by atoms with E-state index >= 15 is 0 Å². The molecule has 0 radical (unpaired) electrons. The molecule has 2 rings (SSSR count). The lowest BCUT2D eigenvalue weighted by Crippen LogP contribution is -2.30. The highest BCUT2D eigenvalue weighted by Gasteiger charge is 2.22. The molecule has 1 N–H and O–H groups in total. The summed E-state index contributed by atoms with van der Waals surface area (Å²) in [6.07, 6.45) is 0.286. The number of anilines is 1. The van der Waals surface area contributed by atoms with E-state index in [1.54, 1.807) is 31.2 Å². The van der Waals surface area contributed by atoms with Crippen LogP contribution in [0.15, 0.2) is 36.5 Å². The molecule has 6 nitrogen and oxygen atoms in total. The number of amides is 1. The highest BCUT2D eigenvalue weighted by Crippen LogP contribution is 2.23. The fourth-order valence-electron chi connectivity index (χ4n) is 1.92. The third-order valence-electron chi connectivity index (χ3n) is 3.11. The molecule has 0 saturated carbocycles. The molecule has 0 saturated heterocycles. The van der Waals surface area contributed by atoms with Crippen LogP contribution >= 0.6 is 23.2 Å². The van der Waals surface area contributed by atoms with E-state index in [9.17, 15) is 9.59 Å². The number of nitrogens with one attached hydrogen (secondary N) is 1. The van der Waals surface area contributed by atoms with E-state index < -0.39 is 18.0 Å². The Balaban J connectivity index is 2.04. The fraction of sp³-hybridized carbons (Fsp3) is 0.235. The van der Waals surface area contributed by atoms with Gasteiger partial charge in [-0.25, -0.2) is 9.78 Å². The second kappa shape index (κ2) is 8.69. The number of rotatable bonds is 6. The first-order chi connectivity index (χ1) is 11.9. The van der Waals surface area contributed by atoms with Gasteiger partial charge in [0, 0.05) is 6.20 Å². The van der Waals surface area contributed by atoms with Crippen LogP contribution in [0.4, 0.5) is 5.82 Å². The van der Waals surface area contributed by atoms with Crippen LogP contribution in [0.2, 0.25) is 10.0 Å². The lowest BCUT2D eigenvalue weighted by molar-refractivity contribution is -0.123. The van der Waals surface area contributed by atoms with E-state index in [1.165, 1.54) is 19.2 Å². The molecule has 1 aromatic carbocycles. The Bertz CT molecular complexity index is 783. The number of aromatic nitrogens is 1. The van der Waals surface area contributed by atoms with Crippen LogP contribution in [0.25, 0.3) is 0 Å². The molecule has 8 heteroatoms. The van der Waals surface area contributed by atoms with Crippen LogP contribution in [0.1, 0.15) is 24.2 Å². The Labute approximate surface area is 155 Å². The number of ether oxygens (including phenoxy) is 2. The Hall–Kier alpha value is -2.31. The quantitative estimate of drug-likeness (QED) is 0.764. The fourth-order valence-corrected chi connectivity index (χ4v) is 2.35. The Morgan fingerprint density at radius 3 is 2.68 bits per heavy atom. The van der Waals surface area contributed by atoms with Gasteiger partial charge >= 0.3 is 5.97 Å². The minimum Gasteiger partial charge on any atom is -0.493 e. The molecule has 0 fully saturated rings. The number of para-hydroxylation sites is 1. The lowest BCUT2D eigenvalue weighted by atomic mass is 10.2. The number of halogens is 2. The first-order valence-electron chi connectivity index (χ1n) is 7.47. The van der Waals surface area contributed by atoms with E-state index in [1.807, 2.05) is 0 Å². The third kappa shape index (κ3) is 5.08. The van der Waals surface area contributed by atoms with E-state index in [0.717, 1.165) is 0 Å². The minimum absolute atomic E-state index is 0.133. The standard InChI is InChI=1S/C17H16Cl2N2O4/c1-3-24-14-7-5-4-6-12(14)17(23)25-10(2)16(22)21-15-13(19)8-11(18)9-20-15/h4-10H,3H2,1-2H3,(H,20,21,22)/t10-/m0/s1. The number of carbonyl (C=O) groups excluding carboxylic acids is 2. The number of esters is 1. The van der Waals surface area contributed by atoms with Crippen molar-refractivity contribution >= 4 is 40.9 Å². The van der Waals surface area contributed by atoms with Crippen molar-refractivity contribution < 1.29 is 19.1 Å². The summed E-state index contributed by atoms with van der Waals surface area (Å²) in [5.41, 5.74) is 0.242. The van der Waals surface area contributed by atoms with Crippen molar-refractivity contribution in [2.24, 2.45) is 0 Å². The van der Waals surface area contributed by atoms with Gasteiger partial charge in [-0.05, 0) is 32.0 Å². The van der Waals surface area contributed by atoms with Crippen LogP contribution in [0, 0.1) is 0 Å². The lowest BCUT2D eigenvalue weighted by Gasteiger charge is -2.15. The molecule has 25 heavy (non-hydrogen) atoms. The van der Waals surface area contributed by atoms with Crippen molar-refractivity contribution in [1.82, 2.24) is 4.98 Å². The van der Waals surface area contributed by atoms with Gasteiger partial charge in [-0.2, -0.15) is 0 Å². The molecule has 132 valence electrons. The monoisotopic (exact) mass is 382 g/mol. The summed E-state index contributed by atoms with van der Waals surface area (Å²) < 4.78 is 10.6. The predicted molar refractivity (Wildman–Crippen MR) is 95.4 cm³/mol. The largest absolute Gasteiger partial charge is 0.493 e. The Morgan fingerprint density at radius 2 is 2.00 bits per heavy atom. The molecule has 1 atom stereocenters. The second-order valence-corrected chi connectivity index (χ2v) is 5.79. The maximum absolute atomic E-state index is 12.3. The molecule has 0 unspecified atom stereocenters. The SMILES string of the molecule is CCOc1ccccc1C(=O)O[C@@H](C)C(=O)Nc1ncc(Cl)cc1Cl. The molecule has 1 aromatic heterocycles. The highest BCUT2D eigenvalue weighted by atomic mass is 35.5. The van der Waals surface area contributed by atoms with Gasteiger partial charge in [0.15, 0.2) is 11.9 Å². The molecular formula is C17H16Cl2N2O4. The average molecular weight is 383 g/mol. The van der Waals surface area contributed by atoms with E-state index in [2.05, 4.69) is 10.3 Å². The van der Waals surface area contributed by atoms with Gasteiger partial charge in [-0.1, -0.05) is 35.3 Å². The predicted octanol–water partition coefficient (Wildman–Crippen LogP) is 3.97. The summed E-state index contributed by atoms with van der Waals surface area (Å²) in [7, 11) is 0. The van der Waals surface area contributed by atoms with Gasteiger partial charge in [-0.15, -0.1) is 0 Å². The molecule has 1 heterocycles. The third-order valence-corrected chi connectivity index (χ3v) is 3.60. The average Bonchev–Trinajstić information content (AvgIpc) is 2.58. The topological polar surface area (TPSA) is 77.5 Å². The Morgan fingerprint density at radius 1 is 1.28 bits per heavy atom. The van der Waals surface area contributed by atoms with Crippen LogP contribution < -0.4 is 10.1 Å². The first kappa shape index (κ1) is 19.0. The molecular weight excluding hydrogens is 367 g/mol. The summed E-state index contributed by atoms with van der Waals surface area (Å²) in [6, 6.07) is 8.09. The van der Waals surface area contributed by atoms with Crippen LogP contribution in [-0.2, 0) is 9.53 Å². The van der Waals surface area contributed by atoms with Crippen LogP contribution in [0.3, 0.4) is 0 Å². The zero-order chi connectivity index (χ0) is 18.4. The maximum atomic E-state index is 12.3. The Kier molecular flexibility index (Phi) is 6.61. The van der Waals surface area contributed by atoms with Crippen molar-refractivity contribution in [1.29, 1.82) is 0 Å². The molecule has 0 aliphatic heterocycles. The van der Waals surface area contributed by atoms with Gasteiger partial charge in [-0.3, -0.25) is 4.79 Å². The van der Waals surface area contributed by atoms with Crippen molar-refractivity contribution in [2.45, 2.75) is 20.0 Å². The minimum atomic E-state index is -1.06. The van der Waals surface area contributed by atoms with Crippen molar-refractivity contribution in [3.63, 3.8) is 0 Å². The molecule has 0 spiro atoms. The summed E-state index contributed by atoms with van der Waals surface area (Å²) in [5, 5.41) is 3.01. The molecule has 0 aliphatic rings. The number of hydrogen-bond donors (Lipinski definition) is 1. The van der Waals surface area contributed by atoms with Crippen LogP contribution in [-0.4, -0.2) is 29.6 Å². The van der Waals surface area contributed by atoms with Crippen molar-refractivity contribution in [3.8, 4) is 5.75 Å². The number of nitrogens with zero attached hydrogens (tertiary/aromatic N) is 1. The molecule has 0 bridgehead atoms. The van der Waals surface area contributed by atoms with Gasteiger partial charge in [0.25, 0.3) is 5.91 Å². The van der Waals surface area contributed by atoms with E-state index in [-0.39, 0.29) is 16.4 Å². The molecule has 1 amide bonds. The normalized spacial score (nSPS) is 11.5. The highest BCUT2D eigenvalue weighted by molar-refractivity contribution is 6.36. The zero-order valence-corrected chi connectivity index (χ0v) is 15.1. The first-order valence-corrected chi connectivity index (χ1v) is 8.22. The van der Waals surface area contributed by atoms with E-state index in [4.69, 9.17) is 32.7 Å². The number of benzene rings is 1. The summed E-state index contributed by atoms with van der Waals surface area (Å²) >= 11 is 11.7. The van der Waals surface area contributed by atoms with Gasteiger partial charge in [0.1, 0.15) is 11.3 Å². The summed E-state index contributed by atoms with van der Waals surface area (Å²) in [4.78, 5) is 28.4. The smallest absolute Gasteiger partial charge is 0.342 e. The number of pyridine rings is 1. The summed E-state index contributed by atoms with van der Waals surface area (Å²) in [6.45, 7) is 3.66. The van der Waals surface area contributed by atoms with Gasteiger partial charge in [0.2, 0.25) is 0 Å². The molecule has 2 aromatic rings. The number of carbonyl (C=O) groups is 2. The van der Waals surface area contributed by atoms with Gasteiger partial charge < -0.3 is 14.8 Å². The number of hydrogen-bond acceptors (Lipinski definition) is 5. The van der Waals surface area contributed by atoms with Crippen LogP contribution in [0.5, 0.6) is 5.75 Å². The van der Waals surface area contributed by atoms with Crippen molar-refractivity contribution in [2.75, 3.05) is 11.9 Å². The maximum Gasteiger partial charge on any atom is 0.342 e. The molecule has 0 aliphatic carbocycles. The van der Waals surface area contributed by atoms with Gasteiger partial charge in [0.05, 0.1) is 16.7 Å². The zero-order valence-electron chi connectivity index (χ0n) is 13.6. The summed E-state index contributed by atoms with van der Waals surface area (Å²) in [5.74, 6) is -0.709. The van der Waals surface area contributed by atoms with Crippen molar-refractivity contribution in [3.05, 3.63) is 52.1 Å². The van der Waals surface area contributed by atoms with E-state index in [0.29, 0.717) is 17.4 Å².